The van der Waals surface area contributed by atoms with E-state index in [1.54, 1.807) is 0 Å². The maximum Gasteiger partial charge on any atom is 0.310 e. The molecule has 1 unspecified atom stereocenters. The molecule has 1 atom stereocenters. The molecule has 0 aliphatic heterocycles. The van der Waals surface area contributed by atoms with Gasteiger partial charge >= 0.3 is 11.9 Å². The Morgan fingerprint density at radius 2 is 0.774 bits per heavy atom. The summed E-state index contributed by atoms with van der Waals surface area (Å²) in [6.45, 7) is 7.42. The molecule has 0 spiro atoms. The normalized spacial score (nSPS) is 13.3. The standard InChI is InChI=1S/C57H92O5/c1-4-7-10-13-16-19-22-25-28-29-31-32-35-38-41-44-47-50-56(58)61-54-55(53-60-52-49-46-43-40-37-34-27-24-21-18-15-12-9-6-3)62-57(59)51-48-45-42-39-36-33-30-26-23-20-17-14-11-8-5-2/h7-8,10-11,16-17,19-21,24-26,28,30-32,36,39,45,48,55H,4-6,9,12-15,18,22-23,27,29,33-35,37-38,40-44,46-47,49-54H2,1-3H3/b10-7-,11-8-,19-16-,20-17-,24-21-,28-25-,30-26-,32-31-,39-36-,48-45-. The van der Waals surface area contributed by atoms with Crippen molar-refractivity contribution in [3.8, 4) is 0 Å². The van der Waals surface area contributed by atoms with Crippen LogP contribution in [0.25, 0.3) is 0 Å². The zero-order valence-electron chi connectivity index (χ0n) is 40.1. The van der Waals surface area contributed by atoms with Gasteiger partial charge in [0.1, 0.15) is 6.61 Å². The van der Waals surface area contributed by atoms with Crippen molar-refractivity contribution in [2.45, 2.75) is 207 Å². The van der Waals surface area contributed by atoms with Crippen LogP contribution in [0.3, 0.4) is 0 Å². The fourth-order valence-electron chi connectivity index (χ4n) is 6.33. The Morgan fingerprint density at radius 3 is 1.26 bits per heavy atom. The van der Waals surface area contributed by atoms with Gasteiger partial charge in [-0.3, -0.25) is 9.59 Å². The second kappa shape index (κ2) is 51.6. The van der Waals surface area contributed by atoms with E-state index in [1.165, 1.54) is 64.2 Å². The summed E-state index contributed by atoms with van der Waals surface area (Å²) >= 11 is 0. The molecule has 62 heavy (non-hydrogen) atoms. The number of carbonyl (C=O) groups excluding carboxylic acids is 2. The van der Waals surface area contributed by atoms with Crippen molar-refractivity contribution in [3.05, 3.63) is 122 Å². The highest BCUT2D eigenvalue weighted by molar-refractivity contribution is 5.71. The SMILES string of the molecule is CC/C=C\C/C=C\C/C=C\C/C=C\C/C=C\CC(=O)OC(COCCCCCCCC/C=C\CCCCCC)COC(=O)CCCCCC/C=C\C/C=C\C/C=C\C/C=C\CC. The number of unbranched alkanes of at least 4 members (excludes halogenated alkanes) is 14. The van der Waals surface area contributed by atoms with E-state index in [2.05, 4.69) is 130 Å². The molecule has 0 aromatic carbocycles. The van der Waals surface area contributed by atoms with Crippen LogP contribution in [0.4, 0.5) is 0 Å². The summed E-state index contributed by atoms with van der Waals surface area (Å²) in [6, 6.07) is 0. The van der Waals surface area contributed by atoms with E-state index in [9.17, 15) is 9.59 Å². The number of rotatable bonds is 44. The quantitative estimate of drug-likeness (QED) is 0.0347. The topological polar surface area (TPSA) is 61.8 Å². The Bertz CT molecular complexity index is 1290. The second-order valence-corrected chi connectivity index (χ2v) is 16.0. The number of esters is 2. The minimum atomic E-state index is -0.611. The average Bonchev–Trinajstić information content (AvgIpc) is 3.27. The molecule has 0 aromatic rings. The number of ether oxygens (including phenoxy) is 3. The maximum atomic E-state index is 12.7. The predicted octanol–water partition coefficient (Wildman–Crippen LogP) is 17.0. The fourth-order valence-corrected chi connectivity index (χ4v) is 6.33. The summed E-state index contributed by atoms with van der Waals surface area (Å²) < 4.78 is 17.2. The van der Waals surface area contributed by atoms with Crippen LogP contribution >= 0.6 is 0 Å². The lowest BCUT2D eigenvalue weighted by molar-refractivity contribution is -0.162. The lowest BCUT2D eigenvalue weighted by atomic mass is 10.1. The largest absolute Gasteiger partial charge is 0.462 e. The molecule has 5 heteroatoms. The zero-order valence-corrected chi connectivity index (χ0v) is 40.1. The van der Waals surface area contributed by atoms with Gasteiger partial charge in [0.05, 0.1) is 13.0 Å². The summed E-state index contributed by atoms with van der Waals surface area (Å²) in [4.78, 5) is 25.3. The van der Waals surface area contributed by atoms with E-state index in [0.29, 0.717) is 13.0 Å². The van der Waals surface area contributed by atoms with Gasteiger partial charge in [0.2, 0.25) is 0 Å². The van der Waals surface area contributed by atoms with Crippen LogP contribution in [0.15, 0.2) is 122 Å². The summed E-state index contributed by atoms with van der Waals surface area (Å²) in [5.74, 6) is -0.582. The van der Waals surface area contributed by atoms with Gasteiger partial charge in [0, 0.05) is 13.0 Å². The first-order valence-electron chi connectivity index (χ1n) is 25.1. The Kier molecular flexibility index (Phi) is 48.6. The third-order valence-electron chi connectivity index (χ3n) is 10.00. The average molecular weight is 857 g/mol. The van der Waals surface area contributed by atoms with Crippen molar-refractivity contribution in [2.24, 2.45) is 0 Å². The van der Waals surface area contributed by atoms with Gasteiger partial charge in [-0.25, -0.2) is 0 Å². The molecular formula is C57H92O5. The molecule has 0 aliphatic rings. The first kappa shape index (κ1) is 58.3. The molecule has 0 saturated carbocycles. The van der Waals surface area contributed by atoms with Gasteiger partial charge in [-0.1, -0.05) is 200 Å². The van der Waals surface area contributed by atoms with Gasteiger partial charge in [-0.15, -0.1) is 0 Å². The van der Waals surface area contributed by atoms with Crippen molar-refractivity contribution in [1.82, 2.24) is 0 Å². The Balaban J connectivity index is 4.47. The van der Waals surface area contributed by atoms with E-state index < -0.39 is 6.10 Å². The van der Waals surface area contributed by atoms with Gasteiger partial charge < -0.3 is 14.2 Å². The first-order valence-corrected chi connectivity index (χ1v) is 25.1. The van der Waals surface area contributed by atoms with Crippen LogP contribution in [-0.4, -0.2) is 37.9 Å². The van der Waals surface area contributed by atoms with E-state index in [-0.39, 0.29) is 31.6 Å². The number of hydrogen-bond acceptors (Lipinski definition) is 5. The van der Waals surface area contributed by atoms with Gasteiger partial charge in [0.15, 0.2) is 6.10 Å². The van der Waals surface area contributed by atoms with Crippen molar-refractivity contribution >= 4 is 11.9 Å². The van der Waals surface area contributed by atoms with E-state index >= 15 is 0 Å². The number of carbonyl (C=O) groups is 2. The molecule has 0 saturated heterocycles. The third kappa shape index (κ3) is 49.0. The van der Waals surface area contributed by atoms with Crippen LogP contribution in [0.1, 0.15) is 201 Å². The van der Waals surface area contributed by atoms with Gasteiger partial charge in [0.25, 0.3) is 0 Å². The summed E-state index contributed by atoms with van der Waals surface area (Å²) in [7, 11) is 0. The van der Waals surface area contributed by atoms with E-state index in [0.717, 1.165) is 103 Å². The zero-order chi connectivity index (χ0) is 44.9. The van der Waals surface area contributed by atoms with Gasteiger partial charge in [-0.2, -0.15) is 0 Å². The third-order valence-corrected chi connectivity index (χ3v) is 10.00. The molecule has 0 N–H and O–H groups in total. The molecule has 0 amide bonds. The van der Waals surface area contributed by atoms with Crippen molar-refractivity contribution in [1.29, 1.82) is 0 Å². The minimum Gasteiger partial charge on any atom is -0.462 e. The lowest BCUT2D eigenvalue weighted by Gasteiger charge is -2.18. The molecule has 350 valence electrons. The van der Waals surface area contributed by atoms with Crippen molar-refractivity contribution in [3.63, 3.8) is 0 Å². The highest BCUT2D eigenvalue weighted by Gasteiger charge is 2.17. The molecule has 0 rings (SSSR count). The predicted molar refractivity (Wildman–Crippen MR) is 269 cm³/mol. The van der Waals surface area contributed by atoms with Crippen LogP contribution < -0.4 is 0 Å². The fraction of sp³-hybridized carbons (Fsp3) is 0.614. The smallest absolute Gasteiger partial charge is 0.310 e. The molecule has 5 nitrogen and oxygen atoms in total. The minimum absolute atomic E-state index is 0.0231. The lowest BCUT2D eigenvalue weighted by Crippen LogP contribution is -2.29. The Labute approximate surface area is 382 Å². The molecule has 0 heterocycles. The highest BCUT2D eigenvalue weighted by atomic mass is 16.6. The monoisotopic (exact) mass is 857 g/mol. The van der Waals surface area contributed by atoms with Gasteiger partial charge in [-0.05, 0) is 109 Å². The van der Waals surface area contributed by atoms with Crippen LogP contribution in [0, 0.1) is 0 Å². The number of hydrogen-bond donors (Lipinski definition) is 0. The molecule has 0 bridgehead atoms. The second-order valence-electron chi connectivity index (χ2n) is 16.0. The summed E-state index contributed by atoms with van der Waals surface area (Å²) in [5, 5.41) is 0. The summed E-state index contributed by atoms with van der Waals surface area (Å²) in [5.41, 5.74) is 0. The van der Waals surface area contributed by atoms with Crippen LogP contribution in [0.2, 0.25) is 0 Å². The first-order chi connectivity index (χ1) is 30.6. The molecule has 0 aliphatic carbocycles. The maximum absolute atomic E-state index is 12.7. The molecule has 0 fully saturated rings. The highest BCUT2D eigenvalue weighted by Crippen LogP contribution is 2.11. The molecular weight excluding hydrogens is 765 g/mol. The Morgan fingerprint density at radius 1 is 0.387 bits per heavy atom. The van der Waals surface area contributed by atoms with Crippen molar-refractivity contribution < 1.29 is 23.8 Å². The van der Waals surface area contributed by atoms with E-state index in [4.69, 9.17) is 14.2 Å². The van der Waals surface area contributed by atoms with Crippen LogP contribution in [-0.2, 0) is 23.8 Å². The van der Waals surface area contributed by atoms with Crippen molar-refractivity contribution in [2.75, 3.05) is 19.8 Å². The van der Waals surface area contributed by atoms with E-state index in [1.807, 2.05) is 12.2 Å². The van der Waals surface area contributed by atoms with Crippen LogP contribution in [0.5, 0.6) is 0 Å². The molecule has 0 radical (unpaired) electrons. The molecule has 0 aromatic heterocycles. The number of allylic oxidation sites excluding steroid dienone is 19. The summed E-state index contributed by atoms with van der Waals surface area (Å²) in [6.07, 6.45) is 72.3. The Hall–Kier alpha value is -3.70.